The zero-order valence-corrected chi connectivity index (χ0v) is 20.7. The number of rotatable bonds is 4. The summed E-state index contributed by atoms with van der Waals surface area (Å²) in [7, 11) is 1.54. The number of nitrogens with zero attached hydrogens (tertiary/aromatic N) is 1. The molecule has 1 unspecified atom stereocenters. The number of ketones is 1. The number of aromatic nitrogens is 1. The minimum Gasteiger partial charge on any atom is -0.507 e. The highest BCUT2D eigenvalue weighted by Gasteiger charge is 2.50. The first-order chi connectivity index (χ1) is 16.7. The van der Waals surface area contributed by atoms with Crippen LogP contribution in [0.5, 0.6) is 5.75 Å². The summed E-state index contributed by atoms with van der Waals surface area (Å²) in [6.45, 7) is 6.26. The Morgan fingerprint density at radius 1 is 1.09 bits per heavy atom. The zero-order valence-electron chi connectivity index (χ0n) is 20.7. The van der Waals surface area contributed by atoms with E-state index in [1.807, 2.05) is 48.7 Å². The van der Waals surface area contributed by atoms with Gasteiger partial charge in [0.15, 0.2) is 0 Å². The van der Waals surface area contributed by atoms with Gasteiger partial charge >= 0.3 is 0 Å². The van der Waals surface area contributed by atoms with Crippen molar-refractivity contribution in [3.63, 3.8) is 0 Å². The number of carbonyl (C=O) groups excluding carboxylic acids is 2. The molecule has 0 spiro atoms. The molecule has 1 atom stereocenters. The SMILES string of the molecule is COc1ccc(C(C)(C)C)cc1/C(O)=C1\C(=O)C(=O)N(C2CCCC2)C1c1c[nH]c2ccccc12. The second-order valence-electron chi connectivity index (χ2n) is 10.6. The van der Waals surface area contributed by atoms with Crippen molar-refractivity contribution in [3.8, 4) is 5.75 Å². The van der Waals surface area contributed by atoms with E-state index in [1.54, 1.807) is 4.90 Å². The number of para-hydroxylation sites is 1. The van der Waals surface area contributed by atoms with E-state index in [2.05, 4.69) is 25.8 Å². The number of aromatic amines is 1. The lowest BCUT2D eigenvalue weighted by molar-refractivity contribution is -0.141. The molecule has 1 aromatic heterocycles. The summed E-state index contributed by atoms with van der Waals surface area (Å²) < 4.78 is 5.57. The van der Waals surface area contributed by atoms with Crippen molar-refractivity contribution in [2.45, 2.75) is 64.0 Å². The van der Waals surface area contributed by atoms with E-state index in [0.717, 1.165) is 47.7 Å². The molecule has 2 fully saturated rings. The summed E-state index contributed by atoms with van der Waals surface area (Å²) in [5, 5.41) is 12.6. The van der Waals surface area contributed by atoms with Gasteiger partial charge in [-0.2, -0.15) is 0 Å². The van der Waals surface area contributed by atoms with Gasteiger partial charge in [0.1, 0.15) is 11.5 Å². The molecule has 182 valence electrons. The van der Waals surface area contributed by atoms with E-state index in [1.165, 1.54) is 7.11 Å². The summed E-state index contributed by atoms with van der Waals surface area (Å²) in [5.74, 6) is -0.921. The van der Waals surface area contributed by atoms with Crippen LogP contribution < -0.4 is 4.74 Å². The van der Waals surface area contributed by atoms with Crippen LogP contribution in [0.4, 0.5) is 0 Å². The van der Waals surface area contributed by atoms with E-state index < -0.39 is 17.7 Å². The third-order valence-corrected chi connectivity index (χ3v) is 7.43. The summed E-state index contributed by atoms with van der Waals surface area (Å²) >= 11 is 0. The van der Waals surface area contributed by atoms with Crippen LogP contribution >= 0.6 is 0 Å². The van der Waals surface area contributed by atoms with Gasteiger partial charge in [-0.25, -0.2) is 0 Å². The van der Waals surface area contributed by atoms with E-state index in [0.29, 0.717) is 11.3 Å². The number of H-pyrrole nitrogens is 1. The van der Waals surface area contributed by atoms with Gasteiger partial charge in [0.25, 0.3) is 11.7 Å². The normalized spacial score (nSPS) is 20.8. The van der Waals surface area contributed by atoms with Crippen LogP contribution in [0.2, 0.25) is 0 Å². The Bertz CT molecular complexity index is 1340. The molecule has 1 aliphatic heterocycles. The van der Waals surface area contributed by atoms with Gasteiger partial charge in [-0.15, -0.1) is 0 Å². The molecule has 1 aliphatic carbocycles. The van der Waals surface area contributed by atoms with Crippen LogP contribution in [0.1, 0.15) is 69.2 Å². The van der Waals surface area contributed by atoms with Crippen molar-refractivity contribution >= 4 is 28.4 Å². The molecule has 3 aromatic rings. The van der Waals surface area contributed by atoms with Gasteiger partial charge in [0, 0.05) is 28.7 Å². The van der Waals surface area contributed by atoms with Gasteiger partial charge in [0.05, 0.1) is 24.3 Å². The number of nitrogens with one attached hydrogen (secondary N) is 1. The average molecular weight is 473 g/mol. The number of fused-ring (bicyclic) bond motifs is 1. The molecule has 35 heavy (non-hydrogen) atoms. The van der Waals surface area contributed by atoms with E-state index in [9.17, 15) is 14.7 Å². The summed E-state index contributed by atoms with van der Waals surface area (Å²) in [6, 6.07) is 12.8. The number of likely N-dealkylation sites (tertiary alicyclic amines) is 1. The van der Waals surface area contributed by atoms with Crippen molar-refractivity contribution < 1.29 is 19.4 Å². The lowest BCUT2D eigenvalue weighted by Gasteiger charge is -2.30. The molecular weight excluding hydrogens is 440 g/mol. The molecule has 2 aliphatic rings. The quantitative estimate of drug-likeness (QED) is 0.284. The molecule has 1 saturated heterocycles. The Hall–Kier alpha value is -3.54. The molecule has 6 nitrogen and oxygen atoms in total. The van der Waals surface area contributed by atoms with Crippen LogP contribution in [0.25, 0.3) is 16.7 Å². The van der Waals surface area contributed by atoms with Crippen LogP contribution in [-0.2, 0) is 15.0 Å². The second kappa shape index (κ2) is 8.59. The Kier molecular flexibility index (Phi) is 5.70. The molecule has 2 N–H and O–H groups in total. The van der Waals surface area contributed by atoms with E-state index in [4.69, 9.17) is 4.74 Å². The topological polar surface area (TPSA) is 82.6 Å². The zero-order chi connectivity index (χ0) is 24.9. The first kappa shape index (κ1) is 23.2. The van der Waals surface area contributed by atoms with Gasteiger partial charge in [-0.05, 0) is 42.0 Å². The maximum atomic E-state index is 13.6. The van der Waals surface area contributed by atoms with Crippen molar-refractivity contribution in [2.24, 2.45) is 0 Å². The number of methoxy groups -OCH3 is 1. The second-order valence-corrected chi connectivity index (χ2v) is 10.6. The minimum absolute atomic E-state index is 0.0294. The van der Waals surface area contributed by atoms with Crippen molar-refractivity contribution in [2.75, 3.05) is 7.11 Å². The number of ether oxygens (including phenoxy) is 1. The largest absolute Gasteiger partial charge is 0.507 e. The fraction of sp³-hybridized carbons (Fsp3) is 0.379. The van der Waals surface area contributed by atoms with Gasteiger partial charge in [-0.3, -0.25) is 9.59 Å². The number of Topliss-reactive ketones (excluding diaryl/α,β-unsaturated/α-hetero) is 1. The first-order valence-corrected chi connectivity index (χ1v) is 12.3. The standard InChI is InChI=1S/C29H32N2O4/c1-29(2,3)17-13-14-23(35-4)20(15-17)26(32)24-25(21-16-30-22-12-8-7-11-19(21)22)31(28(34)27(24)33)18-9-5-6-10-18/h7-8,11-16,18,25,30,32H,5-6,9-10H2,1-4H3/b26-24+. The molecule has 2 aromatic carbocycles. The van der Waals surface area contributed by atoms with E-state index >= 15 is 0 Å². The number of hydrogen-bond donors (Lipinski definition) is 2. The first-order valence-electron chi connectivity index (χ1n) is 12.3. The Labute approximate surface area is 205 Å². The van der Waals surface area contributed by atoms with Gasteiger partial charge in [-0.1, -0.05) is 57.9 Å². The van der Waals surface area contributed by atoms with Crippen LogP contribution in [0.3, 0.4) is 0 Å². The Morgan fingerprint density at radius 3 is 2.49 bits per heavy atom. The van der Waals surface area contributed by atoms with Crippen molar-refractivity contribution in [1.82, 2.24) is 9.88 Å². The fourth-order valence-electron chi connectivity index (χ4n) is 5.54. The third kappa shape index (κ3) is 3.81. The molecule has 0 bridgehead atoms. The lowest BCUT2D eigenvalue weighted by Crippen LogP contribution is -2.37. The summed E-state index contributed by atoms with van der Waals surface area (Å²) in [4.78, 5) is 32.0. The van der Waals surface area contributed by atoms with Crippen LogP contribution in [-0.4, -0.2) is 39.8 Å². The van der Waals surface area contributed by atoms with Crippen molar-refractivity contribution in [1.29, 1.82) is 0 Å². The highest BCUT2D eigenvalue weighted by molar-refractivity contribution is 6.46. The highest BCUT2D eigenvalue weighted by atomic mass is 16.5. The minimum atomic E-state index is -0.669. The maximum absolute atomic E-state index is 13.6. The van der Waals surface area contributed by atoms with E-state index in [-0.39, 0.29) is 22.8 Å². The molecule has 2 heterocycles. The molecule has 1 amide bonds. The molecule has 1 saturated carbocycles. The molecular formula is C29H32N2O4. The molecule has 6 heteroatoms. The number of aliphatic hydroxyl groups excluding tert-OH is 1. The number of hydrogen-bond acceptors (Lipinski definition) is 4. The van der Waals surface area contributed by atoms with Gasteiger partial charge < -0.3 is 19.7 Å². The highest BCUT2D eigenvalue weighted by Crippen LogP contribution is 2.46. The number of carbonyl (C=O) groups is 2. The van der Waals surface area contributed by atoms with Gasteiger partial charge in [0.2, 0.25) is 0 Å². The smallest absolute Gasteiger partial charge is 0.295 e. The predicted molar refractivity (Wildman–Crippen MR) is 136 cm³/mol. The van der Waals surface area contributed by atoms with Crippen molar-refractivity contribution in [3.05, 3.63) is 70.9 Å². The predicted octanol–water partition coefficient (Wildman–Crippen LogP) is 5.84. The fourth-order valence-corrected chi connectivity index (χ4v) is 5.54. The number of aliphatic hydroxyl groups is 1. The third-order valence-electron chi connectivity index (χ3n) is 7.43. The van der Waals surface area contributed by atoms with Crippen LogP contribution in [0.15, 0.2) is 54.2 Å². The maximum Gasteiger partial charge on any atom is 0.295 e. The Morgan fingerprint density at radius 2 is 1.80 bits per heavy atom. The Balaban J connectivity index is 1.76. The average Bonchev–Trinajstić information content (AvgIpc) is 3.56. The number of benzene rings is 2. The summed E-state index contributed by atoms with van der Waals surface area (Å²) in [6.07, 6.45) is 5.62. The monoisotopic (exact) mass is 472 g/mol. The lowest BCUT2D eigenvalue weighted by atomic mass is 9.85. The van der Waals surface area contributed by atoms with Crippen LogP contribution in [0, 0.1) is 0 Å². The molecule has 0 radical (unpaired) electrons. The molecule has 5 rings (SSSR count). The number of amides is 1. The summed E-state index contributed by atoms with van der Waals surface area (Å²) in [5.41, 5.74) is 3.11.